The van der Waals surface area contributed by atoms with Gasteiger partial charge >= 0.3 is 6.03 Å². The number of carbonyl (C=O) groups is 2. The largest absolute Gasteiger partial charge is 0.342 e. The van der Waals surface area contributed by atoms with Crippen molar-refractivity contribution in [2.45, 2.75) is 38.5 Å². The molecule has 2 fully saturated rings. The van der Waals surface area contributed by atoms with Crippen LogP contribution in [-0.2, 0) is 4.79 Å². The summed E-state index contributed by atoms with van der Waals surface area (Å²) in [6.45, 7) is 4.56. The van der Waals surface area contributed by atoms with Crippen LogP contribution in [0, 0.1) is 12.8 Å². The molecule has 35 heavy (non-hydrogen) atoms. The Morgan fingerprint density at radius 2 is 1.77 bits per heavy atom. The average Bonchev–Trinajstić information content (AvgIpc) is 3.39. The standard InChI is InChI=1S/C27H32N6O2/c1-19-7-5-11-23(17-19)28-27(35)33-14-6-10-22(18-33)26(34)32-15-12-21(13-16-32)25-29-24(30-31-25)20-8-3-2-4-9-20/h2-5,7-9,11,17,21-22H,6,10,12-16,18H2,1H3,(H,28,35)(H,29,30,31). The molecule has 2 aliphatic rings. The molecule has 1 aromatic heterocycles. The van der Waals surface area contributed by atoms with Crippen molar-refractivity contribution in [3.8, 4) is 11.4 Å². The molecule has 0 aliphatic carbocycles. The van der Waals surface area contributed by atoms with Gasteiger partial charge in [-0.25, -0.2) is 9.78 Å². The highest BCUT2D eigenvalue weighted by atomic mass is 16.2. The van der Waals surface area contributed by atoms with E-state index in [-0.39, 0.29) is 23.8 Å². The van der Waals surface area contributed by atoms with Gasteiger partial charge in [0.2, 0.25) is 5.91 Å². The zero-order valence-corrected chi connectivity index (χ0v) is 20.1. The van der Waals surface area contributed by atoms with Crippen molar-refractivity contribution in [1.82, 2.24) is 25.0 Å². The first kappa shape index (κ1) is 23.1. The number of H-pyrrole nitrogens is 1. The third-order valence-electron chi connectivity index (χ3n) is 7.06. The fourth-order valence-corrected chi connectivity index (χ4v) is 5.09. The number of hydrogen-bond acceptors (Lipinski definition) is 4. The number of aryl methyl sites for hydroxylation is 1. The smallest absolute Gasteiger partial charge is 0.321 e. The molecule has 8 heteroatoms. The highest BCUT2D eigenvalue weighted by Crippen LogP contribution is 2.29. The van der Waals surface area contributed by atoms with Crippen molar-refractivity contribution < 1.29 is 9.59 Å². The molecule has 5 rings (SSSR count). The molecule has 2 N–H and O–H groups in total. The van der Waals surface area contributed by atoms with Crippen LogP contribution >= 0.6 is 0 Å². The van der Waals surface area contributed by atoms with Gasteiger partial charge in [-0.3, -0.25) is 9.89 Å². The Bertz CT molecular complexity index is 1170. The lowest BCUT2D eigenvalue weighted by molar-refractivity contribution is -0.138. The maximum absolute atomic E-state index is 13.3. The Labute approximate surface area is 205 Å². The fourth-order valence-electron chi connectivity index (χ4n) is 5.09. The second-order valence-electron chi connectivity index (χ2n) is 9.59. The van der Waals surface area contributed by atoms with E-state index in [0.29, 0.717) is 32.0 Å². The van der Waals surface area contributed by atoms with Gasteiger partial charge in [0.1, 0.15) is 5.82 Å². The first-order chi connectivity index (χ1) is 17.1. The number of urea groups is 1. The van der Waals surface area contributed by atoms with E-state index in [4.69, 9.17) is 4.98 Å². The summed E-state index contributed by atoms with van der Waals surface area (Å²) in [5.41, 5.74) is 2.88. The SMILES string of the molecule is Cc1cccc(NC(=O)N2CCCC(C(=O)N3CCC(c4nc(-c5ccccc5)n[nH]4)CC3)C2)c1. The third-order valence-corrected chi connectivity index (χ3v) is 7.06. The molecule has 1 unspecified atom stereocenters. The van der Waals surface area contributed by atoms with E-state index in [2.05, 4.69) is 15.5 Å². The van der Waals surface area contributed by atoms with Crippen LogP contribution in [0.3, 0.4) is 0 Å². The minimum Gasteiger partial charge on any atom is -0.342 e. The first-order valence-electron chi connectivity index (χ1n) is 12.5. The van der Waals surface area contributed by atoms with Crippen LogP contribution in [-0.4, -0.2) is 63.1 Å². The molecule has 1 atom stereocenters. The number of benzene rings is 2. The van der Waals surface area contributed by atoms with E-state index in [0.717, 1.165) is 48.3 Å². The van der Waals surface area contributed by atoms with E-state index in [1.807, 2.05) is 66.4 Å². The van der Waals surface area contributed by atoms with Crippen molar-refractivity contribution in [2.75, 3.05) is 31.5 Å². The van der Waals surface area contributed by atoms with Crippen molar-refractivity contribution in [2.24, 2.45) is 5.92 Å². The molecular weight excluding hydrogens is 440 g/mol. The Morgan fingerprint density at radius 1 is 0.971 bits per heavy atom. The topological polar surface area (TPSA) is 94.2 Å². The van der Waals surface area contributed by atoms with Gasteiger partial charge in [-0.1, -0.05) is 42.5 Å². The number of carbonyl (C=O) groups excluding carboxylic acids is 2. The first-order valence-corrected chi connectivity index (χ1v) is 12.5. The van der Waals surface area contributed by atoms with Gasteiger partial charge < -0.3 is 15.1 Å². The van der Waals surface area contributed by atoms with E-state index in [1.165, 1.54) is 0 Å². The van der Waals surface area contributed by atoms with Crippen molar-refractivity contribution in [3.63, 3.8) is 0 Å². The van der Waals surface area contributed by atoms with Gasteiger partial charge in [-0.2, -0.15) is 5.10 Å². The Balaban J connectivity index is 1.14. The van der Waals surface area contributed by atoms with Gasteiger partial charge in [-0.05, 0) is 50.3 Å². The van der Waals surface area contributed by atoms with Crippen LogP contribution in [0.5, 0.6) is 0 Å². The molecule has 3 aromatic rings. The van der Waals surface area contributed by atoms with Gasteiger partial charge in [0.05, 0.1) is 5.92 Å². The number of likely N-dealkylation sites (tertiary alicyclic amines) is 2. The molecule has 3 amide bonds. The molecule has 0 spiro atoms. The number of aromatic nitrogens is 3. The van der Waals surface area contributed by atoms with Crippen LogP contribution in [0.1, 0.15) is 43.0 Å². The summed E-state index contributed by atoms with van der Waals surface area (Å²) in [6, 6.07) is 17.6. The van der Waals surface area contributed by atoms with Gasteiger partial charge in [-0.15, -0.1) is 0 Å². The number of nitrogens with zero attached hydrogens (tertiary/aromatic N) is 4. The van der Waals surface area contributed by atoms with E-state index >= 15 is 0 Å². The number of amides is 3. The number of anilines is 1. The summed E-state index contributed by atoms with van der Waals surface area (Å²) >= 11 is 0. The van der Waals surface area contributed by atoms with Crippen LogP contribution in [0.2, 0.25) is 0 Å². The highest BCUT2D eigenvalue weighted by Gasteiger charge is 2.33. The fraction of sp³-hybridized carbons (Fsp3) is 0.407. The number of hydrogen-bond donors (Lipinski definition) is 2. The number of nitrogens with one attached hydrogen (secondary N) is 2. The monoisotopic (exact) mass is 472 g/mol. The molecule has 0 radical (unpaired) electrons. The molecule has 3 heterocycles. The normalized spacial score (nSPS) is 18.9. The lowest BCUT2D eigenvalue weighted by Gasteiger charge is -2.37. The zero-order chi connectivity index (χ0) is 24.2. The molecule has 8 nitrogen and oxygen atoms in total. The minimum absolute atomic E-state index is 0.133. The summed E-state index contributed by atoms with van der Waals surface area (Å²) in [6.07, 6.45) is 3.39. The molecule has 2 aromatic carbocycles. The van der Waals surface area contributed by atoms with Crippen molar-refractivity contribution in [3.05, 3.63) is 66.0 Å². The summed E-state index contributed by atoms with van der Waals surface area (Å²) in [4.78, 5) is 34.5. The lowest BCUT2D eigenvalue weighted by Crippen LogP contribution is -2.49. The predicted octanol–water partition coefficient (Wildman–Crippen LogP) is 4.43. The minimum atomic E-state index is -0.140. The average molecular weight is 473 g/mol. The third kappa shape index (κ3) is 5.37. The van der Waals surface area contributed by atoms with E-state index in [9.17, 15) is 9.59 Å². The van der Waals surface area contributed by atoms with Crippen molar-refractivity contribution in [1.29, 1.82) is 0 Å². The Kier molecular flexibility index (Phi) is 6.79. The second-order valence-corrected chi connectivity index (χ2v) is 9.59. The summed E-state index contributed by atoms with van der Waals surface area (Å²) in [5, 5.41) is 10.5. The van der Waals surface area contributed by atoms with Crippen LogP contribution in [0.15, 0.2) is 54.6 Å². The maximum Gasteiger partial charge on any atom is 0.321 e. The maximum atomic E-state index is 13.3. The van der Waals surface area contributed by atoms with Crippen molar-refractivity contribution >= 4 is 17.6 Å². The van der Waals surface area contributed by atoms with E-state index in [1.54, 1.807) is 4.90 Å². The number of aromatic amines is 1. The molecule has 0 bridgehead atoms. The molecule has 0 saturated carbocycles. The van der Waals surface area contributed by atoms with Crippen LogP contribution in [0.4, 0.5) is 10.5 Å². The number of piperidine rings is 2. The Morgan fingerprint density at radius 3 is 2.54 bits per heavy atom. The van der Waals surface area contributed by atoms with E-state index < -0.39 is 0 Å². The molecule has 182 valence electrons. The van der Waals surface area contributed by atoms with Crippen LogP contribution < -0.4 is 5.32 Å². The second kappa shape index (κ2) is 10.3. The van der Waals surface area contributed by atoms with Gasteiger partial charge in [0.25, 0.3) is 0 Å². The van der Waals surface area contributed by atoms with Gasteiger partial charge in [0, 0.05) is 43.3 Å². The Hall–Kier alpha value is -3.68. The summed E-state index contributed by atoms with van der Waals surface area (Å²) in [7, 11) is 0. The quantitative estimate of drug-likeness (QED) is 0.587. The highest BCUT2D eigenvalue weighted by molar-refractivity contribution is 5.90. The lowest BCUT2D eigenvalue weighted by atomic mass is 9.92. The zero-order valence-electron chi connectivity index (χ0n) is 20.1. The molecule has 2 saturated heterocycles. The molecular formula is C27H32N6O2. The van der Waals surface area contributed by atoms with Crippen LogP contribution in [0.25, 0.3) is 11.4 Å². The summed E-state index contributed by atoms with van der Waals surface area (Å²) < 4.78 is 0. The predicted molar refractivity (Wildman–Crippen MR) is 135 cm³/mol. The molecule has 2 aliphatic heterocycles. The van der Waals surface area contributed by atoms with Gasteiger partial charge in [0.15, 0.2) is 5.82 Å². The number of rotatable bonds is 4. The summed E-state index contributed by atoms with van der Waals surface area (Å²) in [5.74, 6) is 1.91.